The maximum atomic E-state index is 12.3. The van der Waals surface area contributed by atoms with Crippen LogP contribution < -0.4 is 10.1 Å². The average molecular weight is 248 g/mol. The number of amides is 1. The van der Waals surface area contributed by atoms with Crippen molar-refractivity contribution in [1.29, 1.82) is 0 Å². The summed E-state index contributed by atoms with van der Waals surface area (Å²) in [6, 6.07) is 7.27. The Morgan fingerprint density at radius 2 is 2.00 bits per heavy atom. The Morgan fingerprint density at radius 1 is 1.33 bits per heavy atom. The Labute approximate surface area is 108 Å². The van der Waals surface area contributed by atoms with Crippen molar-refractivity contribution in [3.8, 4) is 5.75 Å². The Hall–Kier alpha value is -1.55. The lowest BCUT2D eigenvalue weighted by Gasteiger charge is -2.39. The van der Waals surface area contributed by atoms with Gasteiger partial charge in [-0.25, -0.2) is 0 Å². The van der Waals surface area contributed by atoms with Gasteiger partial charge in [-0.1, -0.05) is 0 Å². The van der Waals surface area contributed by atoms with Crippen molar-refractivity contribution in [2.45, 2.75) is 19.4 Å². The zero-order valence-electron chi connectivity index (χ0n) is 11.2. The van der Waals surface area contributed by atoms with Crippen LogP contribution in [0.15, 0.2) is 24.3 Å². The van der Waals surface area contributed by atoms with E-state index in [2.05, 4.69) is 19.2 Å². The molecule has 1 amide bonds. The molecule has 0 saturated carbocycles. The van der Waals surface area contributed by atoms with Gasteiger partial charge in [-0.3, -0.25) is 4.79 Å². The van der Waals surface area contributed by atoms with Gasteiger partial charge >= 0.3 is 0 Å². The van der Waals surface area contributed by atoms with Crippen molar-refractivity contribution in [2.75, 3.05) is 26.7 Å². The van der Waals surface area contributed by atoms with Crippen LogP contribution in [0.3, 0.4) is 0 Å². The smallest absolute Gasteiger partial charge is 0.253 e. The fraction of sp³-hybridized carbons (Fsp3) is 0.500. The van der Waals surface area contributed by atoms with Gasteiger partial charge in [0.1, 0.15) is 5.75 Å². The number of carbonyl (C=O) groups is 1. The number of carbonyl (C=O) groups excluding carboxylic acids is 1. The number of rotatable bonds is 2. The van der Waals surface area contributed by atoms with E-state index < -0.39 is 0 Å². The van der Waals surface area contributed by atoms with Crippen LogP contribution in [0.5, 0.6) is 5.75 Å². The number of nitrogens with zero attached hydrogens (tertiary/aromatic N) is 1. The van der Waals surface area contributed by atoms with E-state index in [0.717, 1.165) is 25.4 Å². The molecule has 4 nitrogen and oxygen atoms in total. The van der Waals surface area contributed by atoms with Gasteiger partial charge in [0.05, 0.1) is 7.11 Å². The molecule has 0 radical (unpaired) electrons. The molecular formula is C14H20N2O2. The summed E-state index contributed by atoms with van der Waals surface area (Å²) in [6.07, 6.45) is 0. The molecule has 1 aromatic rings. The fourth-order valence-electron chi connectivity index (χ4n) is 2.23. The van der Waals surface area contributed by atoms with Crippen molar-refractivity contribution in [3.63, 3.8) is 0 Å². The Balaban J connectivity index is 2.10. The quantitative estimate of drug-likeness (QED) is 0.862. The van der Waals surface area contributed by atoms with Gasteiger partial charge in [-0.15, -0.1) is 0 Å². The van der Waals surface area contributed by atoms with E-state index in [-0.39, 0.29) is 11.4 Å². The summed E-state index contributed by atoms with van der Waals surface area (Å²) in [7, 11) is 1.62. The highest BCUT2D eigenvalue weighted by Gasteiger charge is 2.28. The third kappa shape index (κ3) is 2.82. The van der Waals surface area contributed by atoms with Crippen LogP contribution in [0.2, 0.25) is 0 Å². The largest absolute Gasteiger partial charge is 0.497 e. The highest BCUT2D eigenvalue weighted by atomic mass is 16.5. The first-order valence-electron chi connectivity index (χ1n) is 6.20. The Kier molecular flexibility index (Phi) is 3.57. The van der Waals surface area contributed by atoms with Crippen LogP contribution in [0, 0.1) is 0 Å². The third-order valence-electron chi connectivity index (χ3n) is 3.20. The number of piperazine rings is 1. The molecular weight excluding hydrogens is 228 g/mol. The zero-order chi connectivity index (χ0) is 13.2. The maximum absolute atomic E-state index is 12.3. The summed E-state index contributed by atoms with van der Waals surface area (Å²) in [5, 5.41) is 3.40. The van der Waals surface area contributed by atoms with Crippen molar-refractivity contribution < 1.29 is 9.53 Å². The minimum absolute atomic E-state index is 0.0135. The molecule has 4 heteroatoms. The van der Waals surface area contributed by atoms with Crippen LogP contribution in [0.4, 0.5) is 0 Å². The first-order valence-corrected chi connectivity index (χ1v) is 6.20. The fourth-order valence-corrected chi connectivity index (χ4v) is 2.23. The van der Waals surface area contributed by atoms with Gasteiger partial charge in [-0.2, -0.15) is 0 Å². The second kappa shape index (κ2) is 4.98. The summed E-state index contributed by atoms with van der Waals surface area (Å²) in [5.74, 6) is 0.861. The van der Waals surface area contributed by atoms with Crippen LogP contribution in [0.1, 0.15) is 24.2 Å². The van der Waals surface area contributed by atoms with Crippen LogP contribution in [-0.4, -0.2) is 43.1 Å². The minimum atomic E-state index is -0.0135. The summed E-state index contributed by atoms with van der Waals surface area (Å²) >= 11 is 0. The molecule has 1 aromatic carbocycles. The van der Waals surface area contributed by atoms with Crippen molar-refractivity contribution in [1.82, 2.24) is 10.2 Å². The molecule has 2 rings (SSSR count). The highest BCUT2D eigenvalue weighted by molar-refractivity contribution is 5.94. The Morgan fingerprint density at radius 3 is 2.56 bits per heavy atom. The molecule has 0 spiro atoms. The minimum Gasteiger partial charge on any atom is -0.497 e. The number of methoxy groups -OCH3 is 1. The molecule has 0 unspecified atom stereocenters. The van der Waals surface area contributed by atoms with Gasteiger partial charge in [0, 0.05) is 30.7 Å². The van der Waals surface area contributed by atoms with Gasteiger partial charge in [0.15, 0.2) is 0 Å². The SMILES string of the molecule is COc1ccc(C(=O)N2CCNC(C)(C)C2)cc1. The molecule has 0 aliphatic carbocycles. The second-order valence-electron chi connectivity index (χ2n) is 5.27. The number of hydrogen-bond acceptors (Lipinski definition) is 3. The molecule has 98 valence electrons. The van der Waals surface area contributed by atoms with E-state index in [1.165, 1.54) is 0 Å². The maximum Gasteiger partial charge on any atom is 0.253 e. The summed E-state index contributed by atoms with van der Waals surface area (Å²) in [6.45, 7) is 6.56. The van der Waals surface area contributed by atoms with E-state index in [1.807, 2.05) is 29.2 Å². The number of benzene rings is 1. The van der Waals surface area contributed by atoms with Crippen molar-refractivity contribution >= 4 is 5.91 Å². The molecule has 1 heterocycles. The zero-order valence-corrected chi connectivity index (χ0v) is 11.2. The van der Waals surface area contributed by atoms with Gasteiger partial charge < -0.3 is 15.0 Å². The lowest BCUT2D eigenvalue weighted by Crippen LogP contribution is -2.58. The average Bonchev–Trinajstić information content (AvgIpc) is 2.37. The van der Waals surface area contributed by atoms with Gasteiger partial charge in [0.25, 0.3) is 5.91 Å². The molecule has 1 saturated heterocycles. The second-order valence-corrected chi connectivity index (χ2v) is 5.27. The number of hydrogen-bond donors (Lipinski definition) is 1. The summed E-state index contributed by atoms with van der Waals surface area (Å²) in [4.78, 5) is 14.2. The van der Waals surface area contributed by atoms with Crippen LogP contribution in [0.25, 0.3) is 0 Å². The monoisotopic (exact) mass is 248 g/mol. The van der Waals surface area contributed by atoms with Crippen molar-refractivity contribution in [3.05, 3.63) is 29.8 Å². The standard InChI is InChI=1S/C14H20N2O2/c1-14(2)10-16(9-8-15-14)13(17)11-4-6-12(18-3)7-5-11/h4-7,15H,8-10H2,1-3H3. The lowest BCUT2D eigenvalue weighted by molar-refractivity contribution is 0.0652. The molecule has 1 aliphatic heterocycles. The third-order valence-corrected chi connectivity index (χ3v) is 3.20. The summed E-state index contributed by atoms with van der Waals surface area (Å²) < 4.78 is 5.09. The van der Waals surface area contributed by atoms with E-state index >= 15 is 0 Å². The predicted molar refractivity (Wildman–Crippen MR) is 71.0 cm³/mol. The molecule has 1 N–H and O–H groups in total. The lowest BCUT2D eigenvalue weighted by atomic mass is 10.0. The molecule has 1 aliphatic rings. The molecule has 0 aromatic heterocycles. The van der Waals surface area contributed by atoms with E-state index in [0.29, 0.717) is 5.56 Å². The van der Waals surface area contributed by atoms with Crippen molar-refractivity contribution in [2.24, 2.45) is 0 Å². The number of nitrogens with one attached hydrogen (secondary N) is 1. The molecule has 0 bridgehead atoms. The summed E-state index contributed by atoms with van der Waals surface area (Å²) in [5.41, 5.74) is 0.703. The predicted octanol–water partition coefficient (Wildman–Crippen LogP) is 1.52. The number of ether oxygens (including phenoxy) is 1. The molecule has 1 fully saturated rings. The van der Waals surface area contributed by atoms with E-state index in [4.69, 9.17) is 4.74 Å². The van der Waals surface area contributed by atoms with Crippen LogP contribution >= 0.6 is 0 Å². The van der Waals surface area contributed by atoms with Crippen LogP contribution in [-0.2, 0) is 0 Å². The van der Waals surface area contributed by atoms with Gasteiger partial charge in [0.2, 0.25) is 0 Å². The normalized spacial score (nSPS) is 18.5. The first kappa shape index (κ1) is 12.9. The highest BCUT2D eigenvalue weighted by Crippen LogP contribution is 2.16. The molecule has 0 atom stereocenters. The topological polar surface area (TPSA) is 41.6 Å². The Bertz CT molecular complexity index is 426. The first-order chi connectivity index (χ1) is 8.52. The van der Waals surface area contributed by atoms with Gasteiger partial charge in [-0.05, 0) is 38.1 Å². The van der Waals surface area contributed by atoms with E-state index in [9.17, 15) is 4.79 Å². The molecule has 18 heavy (non-hydrogen) atoms. The van der Waals surface area contributed by atoms with E-state index in [1.54, 1.807) is 7.11 Å².